The quantitative estimate of drug-likeness (QED) is 0.125. The van der Waals surface area contributed by atoms with Crippen LogP contribution < -0.4 is 54.5 Å². The van der Waals surface area contributed by atoms with Gasteiger partial charge in [0.05, 0.1) is 32.3 Å². The van der Waals surface area contributed by atoms with Crippen LogP contribution in [-0.4, -0.2) is 62.6 Å². The molecule has 4 rings (SSSR count). The van der Waals surface area contributed by atoms with Crippen LogP contribution in [0.5, 0.6) is 17.2 Å². The molecule has 16 heteroatoms. The summed E-state index contributed by atoms with van der Waals surface area (Å²) >= 11 is 0. The third-order valence-electron chi connectivity index (χ3n) is 5.46. The molecule has 0 bridgehead atoms. The van der Waals surface area contributed by atoms with Crippen LogP contribution >= 0.6 is 0 Å². The molecule has 1 aliphatic rings. The maximum Gasteiger partial charge on any atom is 1.00 e. The summed E-state index contributed by atoms with van der Waals surface area (Å²) in [6.45, 7) is 1.56. The molecule has 0 aromatic heterocycles. The fourth-order valence-electron chi connectivity index (χ4n) is 3.64. The number of ketones is 1. The van der Waals surface area contributed by atoms with Crippen molar-refractivity contribution in [2.24, 2.45) is 15.3 Å². The Bertz CT molecular complexity index is 1690. The predicted octanol–water partition coefficient (Wildman–Crippen LogP) is 0.929. The van der Waals surface area contributed by atoms with Gasteiger partial charge in [-0.3, -0.25) is 10.2 Å². The summed E-state index contributed by atoms with van der Waals surface area (Å²) in [4.78, 5) is 24.3. The molecule has 1 aliphatic carbocycles. The van der Waals surface area contributed by atoms with Gasteiger partial charge in [0.15, 0.2) is 0 Å². The SMILES string of the molecule is COc1cc(N/N=C2/[C-]=Cc3cc(NC(C)=O)ccc3C2=O)c(OC)cc1N=Nc1ccc(OCCO)cc1.O=S(=O)=O.[Na+]. The average molecular weight is 632 g/mol. The number of hydrazone groups is 1. The zero-order chi connectivity index (χ0) is 31.4. The Morgan fingerprint density at radius 3 is 2.27 bits per heavy atom. The Morgan fingerprint density at radius 2 is 1.66 bits per heavy atom. The first kappa shape index (κ1) is 35.8. The van der Waals surface area contributed by atoms with E-state index < -0.39 is 10.6 Å². The van der Waals surface area contributed by atoms with Gasteiger partial charge in [0.1, 0.15) is 35.2 Å². The van der Waals surface area contributed by atoms with Crippen molar-refractivity contribution < 1.29 is 71.1 Å². The fraction of sp³-hybridized carbons (Fsp3) is 0.179. The van der Waals surface area contributed by atoms with Crippen LogP contribution in [-0.2, 0) is 15.4 Å². The second-order valence-electron chi connectivity index (χ2n) is 8.37. The first-order chi connectivity index (χ1) is 20.6. The van der Waals surface area contributed by atoms with E-state index in [0.29, 0.717) is 51.1 Å². The first-order valence-corrected chi connectivity index (χ1v) is 13.3. The Hall–Kier alpha value is -4.41. The van der Waals surface area contributed by atoms with Crippen molar-refractivity contribution in [3.05, 3.63) is 71.8 Å². The Labute approximate surface area is 276 Å². The van der Waals surface area contributed by atoms with Gasteiger partial charge in [0.2, 0.25) is 5.91 Å². The van der Waals surface area contributed by atoms with Crippen LogP contribution in [0.2, 0.25) is 0 Å². The number of hydrogen-bond acceptors (Lipinski definition) is 13. The van der Waals surface area contributed by atoms with Gasteiger partial charge in [0, 0.05) is 30.5 Å². The Balaban J connectivity index is 0.00000127. The van der Waals surface area contributed by atoms with Crippen LogP contribution in [0, 0.1) is 6.08 Å². The van der Waals surface area contributed by atoms with E-state index in [4.69, 9.17) is 31.9 Å². The summed E-state index contributed by atoms with van der Waals surface area (Å²) in [6.07, 6.45) is 4.51. The van der Waals surface area contributed by atoms with Crippen LogP contribution in [0.4, 0.5) is 22.7 Å². The third kappa shape index (κ3) is 10.4. The maximum atomic E-state index is 13.0. The molecule has 1 amide bonds. The summed E-state index contributed by atoms with van der Waals surface area (Å²) in [5.41, 5.74) is 6.02. The van der Waals surface area contributed by atoms with E-state index >= 15 is 0 Å². The largest absolute Gasteiger partial charge is 1.00 e. The van der Waals surface area contributed by atoms with Crippen LogP contribution in [0.3, 0.4) is 0 Å². The number of anilines is 2. The summed E-state index contributed by atoms with van der Waals surface area (Å²) in [5, 5.41) is 24.3. The first-order valence-electron chi connectivity index (χ1n) is 12.3. The fourth-order valence-corrected chi connectivity index (χ4v) is 3.64. The number of aliphatic hydroxyl groups excluding tert-OH is 1. The second kappa shape index (κ2) is 17.6. The summed E-state index contributed by atoms with van der Waals surface area (Å²) in [5.74, 6) is 0.886. The number of nitrogens with zero attached hydrogens (tertiary/aromatic N) is 3. The summed E-state index contributed by atoms with van der Waals surface area (Å²) in [6, 6.07) is 15.2. The van der Waals surface area contributed by atoms with Crippen LogP contribution in [0.1, 0.15) is 22.8 Å². The molecular weight excluding hydrogens is 605 g/mol. The van der Waals surface area contributed by atoms with E-state index in [0.717, 1.165) is 0 Å². The zero-order valence-corrected chi connectivity index (χ0v) is 27.0. The number of ether oxygens (including phenoxy) is 3. The molecule has 14 nitrogen and oxygen atoms in total. The molecule has 224 valence electrons. The number of carbonyl (C=O) groups excluding carboxylic acids is 2. The number of methoxy groups -OCH3 is 2. The van der Waals surface area contributed by atoms with Crippen LogP contribution in [0.25, 0.3) is 6.08 Å². The van der Waals surface area contributed by atoms with Gasteiger partial charge in [-0.05, 0) is 30.3 Å². The molecule has 44 heavy (non-hydrogen) atoms. The Morgan fingerprint density at radius 1 is 0.977 bits per heavy atom. The van der Waals surface area contributed by atoms with Gasteiger partial charge in [-0.15, -0.1) is 23.3 Å². The monoisotopic (exact) mass is 631 g/mol. The number of allylic oxidation sites excluding steroid dienone is 1. The molecule has 0 unspecified atom stereocenters. The van der Waals surface area contributed by atoms with Crippen molar-refractivity contribution >= 4 is 56.8 Å². The van der Waals surface area contributed by atoms with Gasteiger partial charge < -0.3 is 29.4 Å². The summed E-state index contributed by atoms with van der Waals surface area (Å²) in [7, 11) is -0.121. The molecule has 0 saturated carbocycles. The Kier molecular flexibility index (Phi) is 14.4. The standard InChI is InChI=1S/C28H26N5O6.Na.O3S/c1-17(35)29-20-7-10-22-18(14-20)4-11-23(28(22)36)31-33-25-16-26(37-2)24(15-27(25)38-3)32-30-19-5-8-21(9-6-19)39-13-12-34;;1-4(2)3/h4-10,14-16,33-34H,12-13H2,1-3H3,(H,29,35);;/q-1;+1;/b31-23-,32-30?;;. The van der Waals surface area contributed by atoms with Gasteiger partial charge in [-0.2, -0.15) is 22.4 Å². The molecule has 0 atom stereocenters. The number of azo groups is 1. The van der Waals surface area contributed by atoms with Crippen molar-refractivity contribution in [2.45, 2.75) is 6.92 Å². The van der Waals surface area contributed by atoms with E-state index in [1.165, 1.54) is 21.1 Å². The predicted molar refractivity (Wildman–Crippen MR) is 156 cm³/mol. The molecule has 0 aliphatic heterocycles. The average Bonchev–Trinajstić information content (AvgIpc) is 2.98. The molecular formula is C28H26N5NaO9S. The van der Waals surface area contributed by atoms with Crippen molar-refractivity contribution in [2.75, 3.05) is 38.2 Å². The number of hydrogen-bond donors (Lipinski definition) is 3. The van der Waals surface area contributed by atoms with E-state index in [1.54, 1.807) is 60.7 Å². The topological polar surface area (TPSA) is 194 Å². The minimum absolute atomic E-state index is 0. The minimum Gasteiger partial charge on any atom is -0.494 e. The number of carbonyl (C=O) groups is 2. The van der Waals surface area contributed by atoms with Gasteiger partial charge in [-0.25, -0.2) is 0 Å². The number of aliphatic hydroxyl groups is 1. The summed E-state index contributed by atoms with van der Waals surface area (Å²) < 4.78 is 41.6. The molecule has 0 fully saturated rings. The molecule has 0 saturated heterocycles. The van der Waals surface area contributed by atoms with Gasteiger partial charge >= 0.3 is 40.2 Å². The smallest absolute Gasteiger partial charge is 0.494 e. The maximum absolute atomic E-state index is 13.0. The van der Waals surface area contributed by atoms with Crippen molar-refractivity contribution in [3.63, 3.8) is 0 Å². The molecule has 3 N–H and O–H groups in total. The van der Waals surface area contributed by atoms with Crippen LogP contribution in [0.15, 0.2) is 69.9 Å². The van der Waals surface area contributed by atoms with E-state index in [1.807, 2.05) is 0 Å². The van der Waals surface area contributed by atoms with E-state index in [-0.39, 0.29) is 60.2 Å². The number of nitrogens with one attached hydrogen (secondary N) is 2. The van der Waals surface area contributed by atoms with Crippen molar-refractivity contribution in [3.8, 4) is 17.2 Å². The zero-order valence-electron chi connectivity index (χ0n) is 24.2. The van der Waals surface area contributed by atoms with E-state index in [9.17, 15) is 9.59 Å². The number of rotatable bonds is 10. The molecule has 3 aromatic rings. The molecule has 3 aromatic carbocycles. The second-order valence-corrected chi connectivity index (χ2v) is 8.78. The number of amides is 1. The number of Topliss-reactive ketones (excluding diaryl/α,β-unsaturated/α-hetero) is 1. The number of fused-ring (bicyclic) bond motifs is 1. The minimum atomic E-state index is -3.11. The van der Waals surface area contributed by atoms with E-state index in [2.05, 4.69) is 32.1 Å². The van der Waals surface area contributed by atoms with Crippen molar-refractivity contribution in [1.82, 2.24) is 0 Å². The van der Waals surface area contributed by atoms with Crippen molar-refractivity contribution in [1.29, 1.82) is 0 Å². The van der Waals surface area contributed by atoms with Gasteiger partial charge in [0.25, 0.3) is 0 Å². The third-order valence-corrected chi connectivity index (χ3v) is 5.46. The molecule has 0 spiro atoms. The molecule has 0 heterocycles. The molecule has 0 radical (unpaired) electrons. The van der Waals surface area contributed by atoms with Gasteiger partial charge in [-0.1, -0.05) is 17.7 Å². The number of benzene rings is 3. The normalized spacial score (nSPS) is 12.4.